The zero-order valence-electron chi connectivity index (χ0n) is 8.49. The average molecular weight is 204 g/mol. The Bertz CT molecular complexity index is 202. The van der Waals surface area contributed by atoms with Crippen molar-refractivity contribution in [3.63, 3.8) is 0 Å². The van der Waals surface area contributed by atoms with Gasteiger partial charge in [-0.15, -0.1) is 0 Å². The molecule has 0 aromatic rings. The molecule has 6 nitrogen and oxygen atoms in total. The minimum atomic E-state index is -0.915. The van der Waals surface area contributed by atoms with E-state index in [1.807, 2.05) is 0 Å². The molecule has 0 radical (unpaired) electrons. The molecule has 1 aliphatic rings. The molecule has 0 aromatic heterocycles. The third-order valence-corrected chi connectivity index (χ3v) is 2.28. The maximum Gasteiger partial charge on any atom is 0.509 e. The van der Waals surface area contributed by atoms with Gasteiger partial charge < -0.3 is 14.3 Å². The Morgan fingerprint density at radius 3 is 2.36 bits per heavy atom. The smallest absolute Gasteiger partial charge is 0.438 e. The summed E-state index contributed by atoms with van der Waals surface area (Å²) < 4.78 is 9.34. The van der Waals surface area contributed by atoms with E-state index >= 15 is 0 Å². The van der Waals surface area contributed by atoms with Crippen LogP contribution in [0.2, 0.25) is 0 Å². The molecule has 0 aliphatic carbocycles. The van der Waals surface area contributed by atoms with Crippen molar-refractivity contribution in [1.82, 2.24) is 5.06 Å². The average Bonchev–Trinajstić information content (AvgIpc) is 2.18. The molecule has 14 heavy (non-hydrogen) atoms. The van der Waals surface area contributed by atoms with Crippen molar-refractivity contribution in [1.29, 1.82) is 0 Å². The van der Waals surface area contributed by atoms with Gasteiger partial charge in [0.25, 0.3) is 0 Å². The summed E-state index contributed by atoms with van der Waals surface area (Å²) in [6.07, 6.45) is 0.338. The third-order valence-electron chi connectivity index (χ3n) is 2.28. The fourth-order valence-corrected chi connectivity index (χ4v) is 1.36. The molecule has 0 unspecified atom stereocenters. The quantitative estimate of drug-likeness (QED) is 0.507. The molecule has 1 fully saturated rings. The number of hydroxylamine groups is 2. The van der Waals surface area contributed by atoms with Crippen molar-refractivity contribution in [2.75, 3.05) is 27.3 Å². The zero-order chi connectivity index (χ0) is 10.6. The molecule has 0 aromatic carbocycles. The molecule has 1 aliphatic heterocycles. The summed E-state index contributed by atoms with van der Waals surface area (Å²) in [6.45, 7) is 1.29. The Balaban J connectivity index is 2.41. The normalized spacial score (nSPS) is 21.6. The molecule has 0 amide bonds. The Labute approximate surface area is 82.8 Å². The summed E-state index contributed by atoms with van der Waals surface area (Å²) in [4.78, 5) is 15.9. The van der Waals surface area contributed by atoms with Gasteiger partial charge in [0, 0.05) is 25.9 Å². The molecular formula is C8H16N2O4. The molecule has 1 rings (SSSR count). The van der Waals surface area contributed by atoms with Crippen LogP contribution < -0.4 is 5.73 Å². The highest BCUT2D eigenvalue weighted by Crippen LogP contribution is 2.21. The first kappa shape index (κ1) is 11.2. The lowest BCUT2D eigenvalue weighted by Gasteiger charge is -2.36. The number of hydrogen-bond acceptors (Lipinski definition) is 6. The highest BCUT2D eigenvalue weighted by atomic mass is 16.7. The SMILES string of the molecule is COC(=O)OC1(N)CCN(OC)CC1. The second-order valence-corrected chi connectivity index (χ2v) is 3.23. The second-order valence-electron chi connectivity index (χ2n) is 3.23. The minimum Gasteiger partial charge on any atom is -0.438 e. The van der Waals surface area contributed by atoms with Gasteiger partial charge in [0.15, 0.2) is 5.72 Å². The van der Waals surface area contributed by atoms with E-state index in [0.717, 1.165) is 0 Å². The van der Waals surface area contributed by atoms with E-state index in [-0.39, 0.29) is 0 Å². The largest absolute Gasteiger partial charge is 0.509 e. The van der Waals surface area contributed by atoms with E-state index in [1.54, 1.807) is 12.2 Å². The summed E-state index contributed by atoms with van der Waals surface area (Å²) >= 11 is 0. The number of carbonyl (C=O) groups is 1. The lowest BCUT2D eigenvalue weighted by molar-refractivity contribution is -0.175. The predicted octanol–water partition coefficient (Wildman–Crippen LogP) is 0.0816. The number of hydrogen-bond donors (Lipinski definition) is 1. The first-order valence-corrected chi connectivity index (χ1v) is 4.44. The van der Waals surface area contributed by atoms with Gasteiger partial charge in [0.05, 0.1) is 14.2 Å². The monoisotopic (exact) mass is 204 g/mol. The number of nitrogens with zero attached hydrogens (tertiary/aromatic N) is 1. The first-order chi connectivity index (χ1) is 6.59. The fraction of sp³-hybridized carbons (Fsp3) is 0.875. The van der Waals surface area contributed by atoms with Crippen LogP contribution in [0.25, 0.3) is 0 Å². The number of carbonyl (C=O) groups excluding carboxylic acids is 1. The van der Waals surface area contributed by atoms with E-state index in [1.165, 1.54) is 7.11 Å². The van der Waals surface area contributed by atoms with Gasteiger partial charge in [0.2, 0.25) is 0 Å². The number of rotatable bonds is 2. The summed E-state index contributed by atoms with van der Waals surface area (Å²) in [5, 5.41) is 1.77. The summed E-state index contributed by atoms with van der Waals surface area (Å²) in [6, 6.07) is 0. The molecular weight excluding hydrogens is 188 g/mol. The third kappa shape index (κ3) is 2.83. The predicted molar refractivity (Wildman–Crippen MR) is 48.2 cm³/mol. The Hall–Kier alpha value is -0.850. The Morgan fingerprint density at radius 1 is 1.36 bits per heavy atom. The van der Waals surface area contributed by atoms with Gasteiger partial charge in [0.1, 0.15) is 0 Å². The van der Waals surface area contributed by atoms with Crippen molar-refractivity contribution in [2.45, 2.75) is 18.6 Å². The van der Waals surface area contributed by atoms with E-state index in [2.05, 4.69) is 4.74 Å². The lowest BCUT2D eigenvalue weighted by atomic mass is 10.0. The molecule has 1 saturated heterocycles. The van der Waals surface area contributed by atoms with Crippen LogP contribution in [-0.4, -0.2) is 44.3 Å². The van der Waals surface area contributed by atoms with E-state index < -0.39 is 11.9 Å². The summed E-state index contributed by atoms with van der Waals surface area (Å²) in [5.74, 6) is 0. The van der Waals surface area contributed by atoms with Gasteiger partial charge in [-0.3, -0.25) is 5.73 Å². The lowest BCUT2D eigenvalue weighted by Crippen LogP contribution is -2.52. The van der Waals surface area contributed by atoms with Crippen LogP contribution in [0, 0.1) is 0 Å². The van der Waals surface area contributed by atoms with Crippen LogP contribution in [0.1, 0.15) is 12.8 Å². The highest BCUT2D eigenvalue weighted by Gasteiger charge is 2.34. The molecule has 1 heterocycles. The maximum absolute atomic E-state index is 10.9. The van der Waals surface area contributed by atoms with Crippen molar-refractivity contribution in [3.8, 4) is 0 Å². The number of nitrogens with two attached hydrogens (primary N) is 1. The fourth-order valence-electron chi connectivity index (χ4n) is 1.36. The molecule has 0 saturated carbocycles. The van der Waals surface area contributed by atoms with Gasteiger partial charge in [-0.1, -0.05) is 0 Å². The first-order valence-electron chi connectivity index (χ1n) is 4.44. The minimum absolute atomic E-state index is 0.538. The van der Waals surface area contributed by atoms with Crippen molar-refractivity contribution in [3.05, 3.63) is 0 Å². The molecule has 82 valence electrons. The zero-order valence-corrected chi connectivity index (χ0v) is 8.49. The number of piperidine rings is 1. The standard InChI is InChI=1S/C8H16N2O4/c1-12-7(11)14-8(9)3-5-10(13-2)6-4-8/h3-6,9H2,1-2H3. The Morgan fingerprint density at radius 2 is 1.93 bits per heavy atom. The van der Waals surface area contributed by atoms with Gasteiger partial charge in [-0.25, -0.2) is 4.79 Å². The van der Waals surface area contributed by atoms with Crippen LogP contribution in [0.15, 0.2) is 0 Å². The van der Waals surface area contributed by atoms with Crippen molar-refractivity contribution in [2.24, 2.45) is 5.73 Å². The van der Waals surface area contributed by atoms with Crippen LogP contribution in [0.3, 0.4) is 0 Å². The maximum atomic E-state index is 10.9. The second kappa shape index (κ2) is 4.59. The van der Waals surface area contributed by atoms with Crippen LogP contribution in [0.5, 0.6) is 0 Å². The Kier molecular flexibility index (Phi) is 3.68. The van der Waals surface area contributed by atoms with Gasteiger partial charge in [-0.2, -0.15) is 5.06 Å². The van der Waals surface area contributed by atoms with Crippen molar-refractivity contribution < 1.29 is 19.1 Å². The van der Waals surface area contributed by atoms with Crippen LogP contribution >= 0.6 is 0 Å². The topological polar surface area (TPSA) is 74.0 Å². The summed E-state index contributed by atoms with van der Waals surface area (Å²) in [5.41, 5.74) is 4.93. The van der Waals surface area contributed by atoms with E-state index in [4.69, 9.17) is 15.3 Å². The molecule has 0 spiro atoms. The highest BCUT2D eigenvalue weighted by molar-refractivity contribution is 5.60. The molecule has 0 bridgehead atoms. The molecule has 2 N–H and O–H groups in total. The molecule has 0 atom stereocenters. The van der Waals surface area contributed by atoms with E-state index in [9.17, 15) is 4.79 Å². The summed E-state index contributed by atoms with van der Waals surface area (Å²) in [7, 11) is 2.86. The van der Waals surface area contributed by atoms with Crippen LogP contribution in [-0.2, 0) is 14.3 Å². The number of ether oxygens (including phenoxy) is 2. The van der Waals surface area contributed by atoms with Gasteiger partial charge >= 0.3 is 6.16 Å². The number of methoxy groups -OCH3 is 1. The van der Waals surface area contributed by atoms with Gasteiger partial charge in [-0.05, 0) is 0 Å². The molecule has 6 heteroatoms. The van der Waals surface area contributed by atoms with E-state index in [0.29, 0.717) is 25.9 Å². The van der Waals surface area contributed by atoms with Crippen molar-refractivity contribution >= 4 is 6.16 Å². The van der Waals surface area contributed by atoms with Crippen LogP contribution in [0.4, 0.5) is 4.79 Å².